The van der Waals surface area contributed by atoms with Crippen molar-refractivity contribution in [1.29, 1.82) is 0 Å². The van der Waals surface area contributed by atoms with Gasteiger partial charge in [-0.15, -0.1) is 0 Å². The average Bonchev–Trinajstić information content (AvgIpc) is 2.37. The molecule has 122 valence electrons. The maximum absolute atomic E-state index is 11.5. The van der Waals surface area contributed by atoms with Gasteiger partial charge in [0.25, 0.3) is 10.1 Å². The second-order valence-electron chi connectivity index (χ2n) is 4.42. The summed E-state index contributed by atoms with van der Waals surface area (Å²) in [5.74, 6) is -1.37. The summed E-state index contributed by atoms with van der Waals surface area (Å²) in [6.07, 6.45) is 0. The van der Waals surface area contributed by atoms with Gasteiger partial charge in [0.2, 0.25) is 0 Å². The van der Waals surface area contributed by atoms with Gasteiger partial charge in [0.05, 0.1) is 17.1 Å². The molecule has 0 saturated heterocycles. The summed E-state index contributed by atoms with van der Waals surface area (Å²) in [7, 11) is -4.58. The van der Waals surface area contributed by atoms with Gasteiger partial charge in [-0.25, -0.2) is 4.79 Å². The van der Waals surface area contributed by atoms with E-state index in [0.29, 0.717) is 0 Å². The van der Waals surface area contributed by atoms with Crippen molar-refractivity contribution in [1.82, 2.24) is 0 Å². The van der Waals surface area contributed by atoms with Gasteiger partial charge >= 0.3 is 12.0 Å². The summed E-state index contributed by atoms with van der Waals surface area (Å²) in [6, 6.07) is -0.551. The van der Waals surface area contributed by atoms with Crippen molar-refractivity contribution in [2.75, 3.05) is 11.4 Å². The number of carboxylic acid groups (broad SMARTS) is 1. The summed E-state index contributed by atoms with van der Waals surface area (Å²) >= 11 is 5.87. The topological polar surface area (TPSA) is 164 Å². The Bertz CT molecular complexity index is 721. The van der Waals surface area contributed by atoms with Crippen molar-refractivity contribution in [3.8, 4) is 0 Å². The zero-order valence-electron chi connectivity index (χ0n) is 11.4. The van der Waals surface area contributed by atoms with E-state index < -0.39 is 39.6 Å². The molecule has 11 heteroatoms. The van der Waals surface area contributed by atoms with Crippen LogP contribution in [0.15, 0.2) is 17.0 Å². The Kier molecular flexibility index (Phi) is 5.35. The standard InChI is InChI=1S/C11H14ClN3O6S/c1-5-7(12)2-6(22(19,20)21)3-9(5)15(11(14)18)4-8(13)10(16)17/h2-3,8H,4,13H2,1H3,(H2,14,18)(H,16,17)(H,19,20,21). The molecule has 1 atom stereocenters. The highest BCUT2D eigenvalue weighted by atomic mass is 35.5. The zero-order valence-corrected chi connectivity index (χ0v) is 12.9. The number of carbonyl (C=O) groups excluding carboxylic acids is 1. The molecule has 0 radical (unpaired) electrons. The number of rotatable bonds is 5. The second kappa shape index (κ2) is 6.48. The minimum absolute atomic E-state index is 0.0553. The van der Waals surface area contributed by atoms with Crippen molar-refractivity contribution < 1.29 is 27.7 Å². The molecule has 0 bridgehead atoms. The number of benzene rings is 1. The second-order valence-corrected chi connectivity index (χ2v) is 6.25. The molecule has 0 aromatic heterocycles. The Morgan fingerprint density at radius 3 is 2.36 bits per heavy atom. The van der Waals surface area contributed by atoms with Crippen LogP contribution in [0.3, 0.4) is 0 Å². The van der Waals surface area contributed by atoms with Gasteiger partial charge in [0.1, 0.15) is 6.04 Å². The van der Waals surface area contributed by atoms with Gasteiger partial charge in [-0.1, -0.05) is 11.6 Å². The van der Waals surface area contributed by atoms with Crippen LogP contribution in [0, 0.1) is 6.92 Å². The molecule has 0 aliphatic rings. The minimum atomic E-state index is -4.58. The van der Waals surface area contributed by atoms with Crippen LogP contribution in [0.25, 0.3) is 0 Å². The Morgan fingerprint density at radius 2 is 1.95 bits per heavy atom. The molecule has 0 spiro atoms. The van der Waals surface area contributed by atoms with Crippen LogP contribution in [0.5, 0.6) is 0 Å². The SMILES string of the molecule is Cc1c(Cl)cc(S(=O)(=O)O)cc1N(CC(N)C(=O)O)C(N)=O. The fourth-order valence-corrected chi connectivity index (χ4v) is 2.46. The Hall–Kier alpha value is -1.88. The number of halogens is 1. The highest BCUT2D eigenvalue weighted by Gasteiger charge is 2.25. The number of hydrogen-bond acceptors (Lipinski definition) is 5. The summed E-state index contributed by atoms with van der Waals surface area (Å²) < 4.78 is 31.5. The quantitative estimate of drug-likeness (QED) is 0.550. The summed E-state index contributed by atoms with van der Waals surface area (Å²) in [4.78, 5) is 22.5. The average molecular weight is 352 g/mol. The fraction of sp³-hybridized carbons (Fsp3) is 0.273. The van der Waals surface area contributed by atoms with Crippen LogP contribution in [0.2, 0.25) is 5.02 Å². The maximum Gasteiger partial charge on any atom is 0.322 e. The maximum atomic E-state index is 11.5. The van der Waals surface area contributed by atoms with E-state index in [1.165, 1.54) is 6.92 Å². The summed E-state index contributed by atoms with van der Waals surface area (Å²) in [5, 5.41) is 8.75. The first-order valence-electron chi connectivity index (χ1n) is 5.78. The number of urea groups is 1. The van der Waals surface area contributed by atoms with Crippen molar-refractivity contribution in [2.24, 2.45) is 11.5 Å². The largest absolute Gasteiger partial charge is 0.480 e. The molecule has 2 amide bonds. The van der Waals surface area contributed by atoms with Gasteiger partial charge < -0.3 is 16.6 Å². The molecule has 1 aromatic rings. The molecule has 9 nitrogen and oxygen atoms in total. The van der Waals surface area contributed by atoms with Crippen LogP contribution in [0.1, 0.15) is 5.56 Å². The van der Waals surface area contributed by atoms with E-state index in [1.807, 2.05) is 0 Å². The molecule has 1 unspecified atom stereocenters. The van der Waals surface area contributed by atoms with Gasteiger partial charge in [0.15, 0.2) is 0 Å². The van der Waals surface area contributed by atoms with E-state index in [9.17, 15) is 18.0 Å². The molecule has 0 heterocycles. The van der Waals surface area contributed by atoms with Crippen LogP contribution < -0.4 is 16.4 Å². The van der Waals surface area contributed by atoms with Crippen LogP contribution in [0.4, 0.5) is 10.5 Å². The van der Waals surface area contributed by atoms with E-state index >= 15 is 0 Å². The molecular formula is C11H14ClN3O6S. The third-order valence-corrected chi connectivity index (χ3v) is 4.07. The lowest BCUT2D eigenvalue weighted by Crippen LogP contribution is -2.47. The van der Waals surface area contributed by atoms with E-state index in [0.717, 1.165) is 17.0 Å². The van der Waals surface area contributed by atoms with Gasteiger partial charge in [-0.05, 0) is 24.6 Å². The number of hydrogen-bond donors (Lipinski definition) is 4. The molecule has 0 aliphatic heterocycles. The van der Waals surface area contributed by atoms with Crippen molar-refractivity contribution >= 4 is 39.4 Å². The molecule has 22 heavy (non-hydrogen) atoms. The molecule has 0 fully saturated rings. The number of primary amides is 1. The lowest BCUT2D eigenvalue weighted by atomic mass is 10.1. The van der Waals surface area contributed by atoms with Crippen LogP contribution >= 0.6 is 11.6 Å². The zero-order chi connectivity index (χ0) is 17.2. The Morgan fingerprint density at radius 1 is 1.41 bits per heavy atom. The first-order valence-corrected chi connectivity index (χ1v) is 7.60. The third kappa shape index (κ3) is 4.07. The molecule has 0 saturated carbocycles. The van der Waals surface area contributed by atoms with E-state index in [4.69, 9.17) is 32.7 Å². The third-order valence-electron chi connectivity index (χ3n) is 2.84. The predicted molar refractivity (Wildman–Crippen MR) is 78.5 cm³/mol. The first-order chi connectivity index (χ1) is 9.95. The van der Waals surface area contributed by atoms with Gasteiger partial charge in [-0.2, -0.15) is 8.42 Å². The van der Waals surface area contributed by atoms with Crippen molar-refractivity contribution in [3.63, 3.8) is 0 Å². The number of amides is 2. The van der Waals surface area contributed by atoms with E-state index in [-0.39, 0.29) is 16.3 Å². The molecule has 0 aliphatic carbocycles. The molecule has 1 rings (SSSR count). The molecular weight excluding hydrogens is 338 g/mol. The van der Waals surface area contributed by atoms with Gasteiger partial charge in [-0.3, -0.25) is 14.2 Å². The number of nitrogens with zero attached hydrogens (tertiary/aromatic N) is 1. The minimum Gasteiger partial charge on any atom is -0.480 e. The predicted octanol–water partition coefficient (Wildman–Crippen LogP) is 0.192. The number of carbonyl (C=O) groups is 2. The van der Waals surface area contributed by atoms with E-state index in [2.05, 4.69) is 0 Å². The summed E-state index contributed by atoms with van der Waals surface area (Å²) in [5.41, 5.74) is 10.7. The van der Waals surface area contributed by atoms with Crippen molar-refractivity contribution in [2.45, 2.75) is 17.9 Å². The normalized spacial score (nSPS) is 12.7. The highest BCUT2D eigenvalue weighted by Crippen LogP contribution is 2.30. The fourth-order valence-electron chi connectivity index (χ4n) is 1.65. The van der Waals surface area contributed by atoms with E-state index in [1.54, 1.807) is 0 Å². The Balaban J connectivity index is 3.45. The molecule has 6 N–H and O–H groups in total. The number of carboxylic acids is 1. The monoisotopic (exact) mass is 351 g/mol. The Labute approximate surface area is 131 Å². The first kappa shape index (κ1) is 18.2. The number of aliphatic carboxylic acids is 1. The lowest BCUT2D eigenvalue weighted by molar-refractivity contribution is -0.138. The van der Waals surface area contributed by atoms with Crippen LogP contribution in [-0.2, 0) is 14.9 Å². The smallest absolute Gasteiger partial charge is 0.322 e. The van der Waals surface area contributed by atoms with Gasteiger partial charge in [0, 0.05) is 5.02 Å². The summed E-state index contributed by atoms with van der Waals surface area (Å²) in [6.45, 7) is 0.963. The van der Waals surface area contributed by atoms with Crippen LogP contribution in [-0.4, -0.2) is 42.7 Å². The number of nitrogens with two attached hydrogens (primary N) is 2. The molecule has 1 aromatic carbocycles. The van der Waals surface area contributed by atoms with Crippen molar-refractivity contribution in [3.05, 3.63) is 22.7 Å². The highest BCUT2D eigenvalue weighted by molar-refractivity contribution is 7.85. The lowest BCUT2D eigenvalue weighted by Gasteiger charge is -2.25. The number of anilines is 1.